The molecule has 2 rings (SSSR count). The lowest BCUT2D eigenvalue weighted by atomic mass is 10.2. The van der Waals surface area contributed by atoms with Crippen molar-refractivity contribution in [3.63, 3.8) is 0 Å². The summed E-state index contributed by atoms with van der Waals surface area (Å²) >= 11 is 1.76. The van der Waals surface area contributed by atoms with E-state index in [1.807, 2.05) is 18.2 Å². The molecule has 1 aromatic heterocycles. The van der Waals surface area contributed by atoms with E-state index < -0.39 is 0 Å². The minimum absolute atomic E-state index is 0.799. The van der Waals surface area contributed by atoms with Crippen LogP contribution in [-0.4, -0.2) is 14.2 Å². The molecular formula is C14H17NO2S. The fourth-order valence-corrected chi connectivity index (χ4v) is 2.56. The summed E-state index contributed by atoms with van der Waals surface area (Å²) in [5.41, 5.74) is 2.26. The number of methoxy groups -OCH3 is 2. The van der Waals surface area contributed by atoms with E-state index in [1.54, 1.807) is 25.6 Å². The van der Waals surface area contributed by atoms with Crippen molar-refractivity contribution in [2.75, 3.05) is 19.5 Å². The fourth-order valence-electron chi connectivity index (χ4n) is 1.71. The molecule has 1 aromatic carbocycles. The molecule has 0 amide bonds. The van der Waals surface area contributed by atoms with Crippen LogP contribution in [0.1, 0.15) is 10.4 Å². The molecule has 0 atom stereocenters. The zero-order chi connectivity index (χ0) is 13.0. The van der Waals surface area contributed by atoms with Crippen molar-refractivity contribution >= 4 is 17.0 Å². The summed E-state index contributed by atoms with van der Waals surface area (Å²) < 4.78 is 10.6. The molecule has 0 aliphatic heterocycles. The summed E-state index contributed by atoms with van der Waals surface area (Å²) in [5, 5.41) is 5.49. The molecule has 4 heteroatoms. The van der Waals surface area contributed by atoms with Crippen LogP contribution in [0.25, 0.3) is 0 Å². The summed E-state index contributed by atoms with van der Waals surface area (Å²) in [7, 11) is 3.33. The second kappa shape index (κ2) is 5.78. The summed E-state index contributed by atoms with van der Waals surface area (Å²) in [6, 6.07) is 7.87. The Hall–Kier alpha value is -1.68. The third-order valence-electron chi connectivity index (χ3n) is 2.81. The van der Waals surface area contributed by atoms with E-state index in [0.717, 1.165) is 23.7 Å². The van der Waals surface area contributed by atoms with Crippen molar-refractivity contribution in [3.05, 3.63) is 40.1 Å². The van der Waals surface area contributed by atoms with Gasteiger partial charge in [0, 0.05) is 17.5 Å². The van der Waals surface area contributed by atoms with Crippen LogP contribution in [0, 0.1) is 6.92 Å². The van der Waals surface area contributed by atoms with Gasteiger partial charge in [0.2, 0.25) is 0 Å². The van der Waals surface area contributed by atoms with Gasteiger partial charge in [-0.2, -0.15) is 0 Å². The van der Waals surface area contributed by atoms with E-state index in [1.165, 1.54) is 10.4 Å². The molecule has 18 heavy (non-hydrogen) atoms. The normalized spacial score (nSPS) is 10.2. The molecule has 3 nitrogen and oxygen atoms in total. The molecule has 1 N–H and O–H groups in total. The smallest absolute Gasteiger partial charge is 0.142 e. The van der Waals surface area contributed by atoms with Gasteiger partial charge in [0.05, 0.1) is 19.9 Å². The van der Waals surface area contributed by atoms with Gasteiger partial charge in [0.1, 0.15) is 11.5 Å². The highest BCUT2D eigenvalue weighted by molar-refractivity contribution is 7.10. The highest BCUT2D eigenvalue weighted by Gasteiger charge is 2.06. The second-order valence-corrected chi connectivity index (χ2v) is 4.95. The molecule has 2 aromatic rings. The first-order valence-corrected chi connectivity index (χ1v) is 6.61. The molecular weight excluding hydrogens is 246 g/mol. The average Bonchev–Trinajstić information content (AvgIpc) is 2.81. The van der Waals surface area contributed by atoms with Crippen LogP contribution in [0.2, 0.25) is 0 Å². The number of benzene rings is 1. The van der Waals surface area contributed by atoms with Crippen molar-refractivity contribution in [1.82, 2.24) is 0 Å². The molecule has 0 bridgehead atoms. The maximum Gasteiger partial charge on any atom is 0.142 e. The van der Waals surface area contributed by atoms with Crippen LogP contribution in [0.15, 0.2) is 29.6 Å². The lowest BCUT2D eigenvalue weighted by Crippen LogP contribution is -2.01. The van der Waals surface area contributed by atoms with Gasteiger partial charge < -0.3 is 14.8 Å². The number of hydrogen-bond donors (Lipinski definition) is 1. The zero-order valence-electron chi connectivity index (χ0n) is 10.8. The zero-order valence-corrected chi connectivity index (χ0v) is 11.6. The van der Waals surface area contributed by atoms with Crippen molar-refractivity contribution in [2.24, 2.45) is 0 Å². The maximum atomic E-state index is 5.33. The lowest BCUT2D eigenvalue weighted by Gasteiger charge is -2.12. The van der Waals surface area contributed by atoms with E-state index in [9.17, 15) is 0 Å². The molecule has 0 aliphatic carbocycles. The quantitative estimate of drug-likeness (QED) is 0.892. The predicted molar refractivity (Wildman–Crippen MR) is 75.9 cm³/mol. The van der Waals surface area contributed by atoms with E-state index in [0.29, 0.717) is 0 Å². The van der Waals surface area contributed by atoms with Crippen molar-refractivity contribution in [2.45, 2.75) is 13.5 Å². The summed E-state index contributed by atoms with van der Waals surface area (Å²) in [6.07, 6.45) is 0. The van der Waals surface area contributed by atoms with Crippen LogP contribution in [-0.2, 0) is 6.54 Å². The Morgan fingerprint density at radius 3 is 2.61 bits per heavy atom. The molecule has 0 radical (unpaired) electrons. The van der Waals surface area contributed by atoms with Crippen LogP contribution in [0.4, 0.5) is 5.69 Å². The molecule has 96 valence electrons. The SMILES string of the molecule is COc1ccc(OC)c(NCc2sccc2C)c1. The van der Waals surface area contributed by atoms with Crippen LogP contribution < -0.4 is 14.8 Å². The second-order valence-electron chi connectivity index (χ2n) is 3.95. The van der Waals surface area contributed by atoms with E-state index >= 15 is 0 Å². The van der Waals surface area contributed by atoms with Crippen molar-refractivity contribution in [3.8, 4) is 11.5 Å². The summed E-state index contributed by atoms with van der Waals surface area (Å²) in [4.78, 5) is 1.33. The monoisotopic (exact) mass is 263 g/mol. The Bertz CT molecular complexity index is 522. The molecule has 0 saturated heterocycles. The molecule has 0 saturated carbocycles. The van der Waals surface area contributed by atoms with Gasteiger partial charge in [0.15, 0.2) is 0 Å². The number of ether oxygens (including phenoxy) is 2. The summed E-state index contributed by atoms with van der Waals surface area (Å²) in [6.45, 7) is 2.92. The van der Waals surface area contributed by atoms with E-state index in [-0.39, 0.29) is 0 Å². The molecule has 0 spiro atoms. The molecule has 1 heterocycles. The first-order chi connectivity index (χ1) is 8.74. The third-order valence-corrected chi connectivity index (χ3v) is 3.84. The highest BCUT2D eigenvalue weighted by atomic mass is 32.1. The number of aryl methyl sites for hydroxylation is 1. The van der Waals surface area contributed by atoms with Crippen molar-refractivity contribution in [1.29, 1.82) is 0 Å². The van der Waals surface area contributed by atoms with Gasteiger partial charge in [-0.15, -0.1) is 11.3 Å². The number of thiophene rings is 1. The van der Waals surface area contributed by atoms with Crippen LogP contribution in [0.3, 0.4) is 0 Å². The van der Waals surface area contributed by atoms with Gasteiger partial charge in [0.25, 0.3) is 0 Å². The van der Waals surface area contributed by atoms with E-state index in [4.69, 9.17) is 9.47 Å². The standard InChI is InChI=1S/C14H17NO2S/c1-10-6-7-18-14(10)9-15-12-8-11(16-2)4-5-13(12)17-3/h4-8,15H,9H2,1-3H3. The number of hydrogen-bond acceptors (Lipinski definition) is 4. The lowest BCUT2D eigenvalue weighted by molar-refractivity contribution is 0.404. The van der Waals surface area contributed by atoms with Crippen molar-refractivity contribution < 1.29 is 9.47 Å². The molecule has 0 aliphatic rings. The predicted octanol–water partition coefficient (Wildman–Crippen LogP) is 3.69. The van der Waals surface area contributed by atoms with E-state index in [2.05, 4.69) is 23.7 Å². The Morgan fingerprint density at radius 2 is 2.00 bits per heavy atom. The minimum atomic E-state index is 0.799. The molecule has 0 unspecified atom stereocenters. The van der Waals surface area contributed by atoms with Crippen LogP contribution >= 0.6 is 11.3 Å². The van der Waals surface area contributed by atoms with Gasteiger partial charge in [-0.25, -0.2) is 0 Å². The third kappa shape index (κ3) is 2.76. The Labute approximate surface area is 111 Å². The Morgan fingerprint density at radius 1 is 1.17 bits per heavy atom. The largest absolute Gasteiger partial charge is 0.497 e. The minimum Gasteiger partial charge on any atom is -0.497 e. The van der Waals surface area contributed by atoms with Gasteiger partial charge >= 0.3 is 0 Å². The topological polar surface area (TPSA) is 30.5 Å². The Kier molecular flexibility index (Phi) is 4.10. The number of anilines is 1. The maximum absolute atomic E-state index is 5.33. The average molecular weight is 263 g/mol. The highest BCUT2D eigenvalue weighted by Crippen LogP contribution is 2.29. The first-order valence-electron chi connectivity index (χ1n) is 5.73. The van der Waals surface area contributed by atoms with Gasteiger partial charge in [-0.05, 0) is 36.1 Å². The van der Waals surface area contributed by atoms with Crippen LogP contribution in [0.5, 0.6) is 11.5 Å². The fraction of sp³-hybridized carbons (Fsp3) is 0.286. The number of nitrogens with one attached hydrogen (secondary N) is 1. The Balaban J connectivity index is 2.14. The van der Waals surface area contributed by atoms with Gasteiger partial charge in [-0.3, -0.25) is 0 Å². The number of rotatable bonds is 5. The molecule has 0 fully saturated rings. The first kappa shape index (κ1) is 12.8. The summed E-state index contributed by atoms with van der Waals surface area (Å²) in [5.74, 6) is 1.64. The van der Waals surface area contributed by atoms with Gasteiger partial charge in [-0.1, -0.05) is 0 Å².